The number of hydrogen-bond donors (Lipinski definition) is 0. The molecule has 5 heteroatoms. The topological polar surface area (TPSA) is 53.3 Å². The molecular weight excluding hydrogens is 223 g/mol. The first kappa shape index (κ1) is 13.0. The van der Waals surface area contributed by atoms with Gasteiger partial charge in [-0.15, -0.1) is 0 Å². The lowest BCUT2D eigenvalue weighted by Crippen LogP contribution is -2.32. The highest BCUT2D eigenvalue weighted by Gasteiger charge is 2.09. The highest BCUT2D eigenvalue weighted by atomic mass is 19.1. The number of carbonyl (C=O) groups excluding carboxylic acids is 1. The molecule has 0 saturated carbocycles. The fourth-order valence-electron chi connectivity index (χ4n) is 1.15. The van der Waals surface area contributed by atoms with Crippen LogP contribution in [0.3, 0.4) is 0 Å². The van der Waals surface area contributed by atoms with Crippen LogP contribution in [-0.4, -0.2) is 31.0 Å². The minimum atomic E-state index is -0.409. The van der Waals surface area contributed by atoms with Crippen molar-refractivity contribution >= 4 is 5.91 Å². The van der Waals surface area contributed by atoms with Crippen molar-refractivity contribution in [1.82, 2.24) is 4.90 Å². The van der Waals surface area contributed by atoms with Gasteiger partial charge in [-0.05, 0) is 12.1 Å². The second kappa shape index (κ2) is 6.48. The molecule has 0 saturated heterocycles. The molecule has 0 aromatic heterocycles. The smallest absolute Gasteiger partial charge is 0.260 e. The Hall–Kier alpha value is -2.09. The van der Waals surface area contributed by atoms with Crippen molar-refractivity contribution < 1.29 is 13.9 Å². The van der Waals surface area contributed by atoms with Crippen LogP contribution in [0, 0.1) is 17.1 Å². The third-order valence-electron chi connectivity index (χ3n) is 2.14. The molecular formula is C12H13FN2O2. The van der Waals surface area contributed by atoms with Gasteiger partial charge in [0, 0.05) is 19.7 Å². The average molecular weight is 236 g/mol. The molecule has 0 radical (unpaired) electrons. The third-order valence-corrected chi connectivity index (χ3v) is 2.14. The molecule has 90 valence electrons. The normalized spacial score (nSPS) is 9.47. The Labute approximate surface area is 99.2 Å². The van der Waals surface area contributed by atoms with Gasteiger partial charge in [0.1, 0.15) is 11.6 Å². The average Bonchev–Trinajstić information content (AvgIpc) is 2.33. The number of nitriles is 1. The Morgan fingerprint density at radius 1 is 1.59 bits per heavy atom. The van der Waals surface area contributed by atoms with Crippen LogP contribution in [0.4, 0.5) is 4.39 Å². The van der Waals surface area contributed by atoms with Crippen LogP contribution >= 0.6 is 0 Å². The summed E-state index contributed by atoms with van der Waals surface area (Å²) in [5.41, 5.74) is 0. The van der Waals surface area contributed by atoms with Crippen molar-refractivity contribution in [1.29, 1.82) is 5.26 Å². The van der Waals surface area contributed by atoms with Crippen molar-refractivity contribution in [2.45, 2.75) is 6.42 Å². The largest absolute Gasteiger partial charge is 0.484 e. The van der Waals surface area contributed by atoms with Gasteiger partial charge in [-0.1, -0.05) is 6.07 Å². The van der Waals surface area contributed by atoms with E-state index in [-0.39, 0.29) is 18.9 Å². The van der Waals surface area contributed by atoms with Gasteiger partial charge < -0.3 is 9.64 Å². The first-order valence-electron chi connectivity index (χ1n) is 5.13. The maximum atomic E-state index is 12.8. The molecule has 1 rings (SSSR count). The summed E-state index contributed by atoms with van der Waals surface area (Å²) >= 11 is 0. The van der Waals surface area contributed by atoms with Gasteiger partial charge in [-0.25, -0.2) is 4.39 Å². The van der Waals surface area contributed by atoms with Gasteiger partial charge in [-0.2, -0.15) is 5.26 Å². The quantitative estimate of drug-likeness (QED) is 0.779. The van der Waals surface area contributed by atoms with Crippen molar-refractivity contribution in [3.63, 3.8) is 0 Å². The number of benzene rings is 1. The van der Waals surface area contributed by atoms with Gasteiger partial charge in [0.2, 0.25) is 0 Å². The number of ether oxygens (including phenoxy) is 1. The van der Waals surface area contributed by atoms with Crippen LogP contribution in [0.2, 0.25) is 0 Å². The van der Waals surface area contributed by atoms with Crippen molar-refractivity contribution in [2.75, 3.05) is 20.2 Å². The molecule has 0 aliphatic heterocycles. The van der Waals surface area contributed by atoms with Crippen LogP contribution in [0.15, 0.2) is 24.3 Å². The zero-order valence-electron chi connectivity index (χ0n) is 9.52. The molecule has 0 bridgehead atoms. The monoisotopic (exact) mass is 236 g/mol. The first-order valence-corrected chi connectivity index (χ1v) is 5.13. The van der Waals surface area contributed by atoms with E-state index >= 15 is 0 Å². The Morgan fingerprint density at radius 2 is 2.35 bits per heavy atom. The number of amides is 1. The van der Waals surface area contributed by atoms with E-state index < -0.39 is 5.82 Å². The van der Waals surface area contributed by atoms with E-state index in [2.05, 4.69) is 0 Å². The van der Waals surface area contributed by atoms with E-state index in [9.17, 15) is 9.18 Å². The predicted octanol–water partition coefficient (Wildman–Crippen LogP) is 1.58. The summed E-state index contributed by atoms with van der Waals surface area (Å²) in [5.74, 6) is -0.343. The summed E-state index contributed by atoms with van der Waals surface area (Å²) in [5, 5.41) is 8.37. The molecule has 0 atom stereocenters. The number of rotatable bonds is 5. The van der Waals surface area contributed by atoms with E-state index in [0.29, 0.717) is 12.3 Å². The molecule has 0 aliphatic carbocycles. The zero-order valence-corrected chi connectivity index (χ0v) is 9.52. The Kier molecular flexibility index (Phi) is 4.95. The van der Waals surface area contributed by atoms with Gasteiger partial charge in [0.05, 0.1) is 12.5 Å². The van der Waals surface area contributed by atoms with Crippen molar-refractivity contribution in [3.05, 3.63) is 30.1 Å². The molecule has 4 nitrogen and oxygen atoms in total. The van der Waals surface area contributed by atoms with Crippen LogP contribution in [0.5, 0.6) is 5.75 Å². The molecule has 1 aromatic rings. The van der Waals surface area contributed by atoms with Crippen LogP contribution in [0.25, 0.3) is 0 Å². The lowest BCUT2D eigenvalue weighted by Gasteiger charge is -2.15. The van der Waals surface area contributed by atoms with E-state index in [1.807, 2.05) is 6.07 Å². The fourth-order valence-corrected chi connectivity index (χ4v) is 1.15. The molecule has 17 heavy (non-hydrogen) atoms. The second-order valence-electron chi connectivity index (χ2n) is 3.47. The predicted molar refractivity (Wildman–Crippen MR) is 59.8 cm³/mol. The molecule has 0 heterocycles. The summed E-state index contributed by atoms with van der Waals surface area (Å²) in [6, 6.07) is 7.54. The molecule has 0 unspecified atom stereocenters. The third kappa shape index (κ3) is 4.51. The van der Waals surface area contributed by atoms with Crippen LogP contribution < -0.4 is 4.74 Å². The highest BCUT2D eigenvalue weighted by Crippen LogP contribution is 2.11. The summed E-state index contributed by atoms with van der Waals surface area (Å²) in [6.07, 6.45) is 0.280. The number of halogens is 1. The SMILES string of the molecule is CN(CCC#N)C(=O)COc1cccc(F)c1. The first-order chi connectivity index (χ1) is 8.13. The van der Waals surface area contributed by atoms with Crippen molar-refractivity contribution in [2.24, 2.45) is 0 Å². The molecule has 1 aromatic carbocycles. The second-order valence-corrected chi connectivity index (χ2v) is 3.47. The number of likely N-dealkylation sites (N-methyl/N-ethyl adjacent to an activating group) is 1. The summed E-state index contributed by atoms with van der Waals surface area (Å²) in [7, 11) is 1.59. The van der Waals surface area contributed by atoms with E-state index in [0.717, 1.165) is 0 Å². The summed E-state index contributed by atoms with van der Waals surface area (Å²) in [6.45, 7) is 0.202. The number of hydrogen-bond acceptors (Lipinski definition) is 3. The zero-order chi connectivity index (χ0) is 12.7. The van der Waals surface area contributed by atoms with Gasteiger partial charge in [0.25, 0.3) is 5.91 Å². The van der Waals surface area contributed by atoms with Gasteiger partial charge in [0.15, 0.2) is 6.61 Å². The lowest BCUT2D eigenvalue weighted by molar-refractivity contribution is -0.131. The van der Waals surface area contributed by atoms with Gasteiger partial charge >= 0.3 is 0 Å². The van der Waals surface area contributed by atoms with Crippen LogP contribution in [-0.2, 0) is 4.79 Å². The van der Waals surface area contributed by atoms with E-state index in [1.165, 1.54) is 23.1 Å². The van der Waals surface area contributed by atoms with E-state index in [1.54, 1.807) is 13.1 Å². The van der Waals surface area contributed by atoms with Gasteiger partial charge in [-0.3, -0.25) is 4.79 Å². The summed E-state index contributed by atoms with van der Waals surface area (Å²) < 4.78 is 17.9. The minimum absolute atomic E-state index is 0.161. The lowest BCUT2D eigenvalue weighted by atomic mass is 10.3. The Morgan fingerprint density at radius 3 is 3.00 bits per heavy atom. The van der Waals surface area contributed by atoms with Crippen molar-refractivity contribution in [3.8, 4) is 11.8 Å². The summed E-state index contributed by atoms with van der Waals surface area (Å²) in [4.78, 5) is 12.9. The maximum absolute atomic E-state index is 12.8. The molecule has 0 N–H and O–H groups in total. The number of carbonyl (C=O) groups is 1. The Bertz CT molecular complexity index is 429. The minimum Gasteiger partial charge on any atom is -0.484 e. The Balaban J connectivity index is 2.40. The standard InChI is InChI=1S/C12H13FN2O2/c1-15(7-3-6-14)12(16)9-17-11-5-2-4-10(13)8-11/h2,4-5,8H,3,7,9H2,1H3. The number of nitrogens with zero attached hydrogens (tertiary/aromatic N) is 2. The fraction of sp³-hybridized carbons (Fsp3) is 0.333. The van der Waals surface area contributed by atoms with E-state index in [4.69, 9.17) is 10.00 Å². The maximum Gasteiger partial charge on any atom is 0.260 e. The van der Waals surface area contributed by atoms with Crippen LogP contribution in [0.1, 0.15) is 6.42 Å². The molecule has 1 amide bonds. The molecule has 0 aliphatic rings. The highest BCUT2D eigenvalue weighted by molar-refractivity contribution is 5.77. The molecule has 0 spiro atoms. The molecule has 0 fully saturated rings.